The molecule has 0 unspecified atom stereocenters. The monoisotopic (exact) mass is 347 g/mol. The molecule has 1 aliphatic carbocycles. The lowest BCUT2D eigenvalue weighted by molar-refractivity contribution is 0.0790. The fourth-order valence-electron chi connectivity index (χ4n) is 3.77. The predicted octanol–water partition coefficient (Wildman–Crippen LogP) is 3.13. The molecule has 0 radical (unpaired) electrons. The molecule has 4 rings (SSSR count). The van der Waals surface area contributed by atoms with Crippen molar-refractivity contribution in [3.05, 3.63) is 40.2 Å². The topological polar surface area (TPSA) is 59.2 Å². The summed E-state index contributed by atoms with van der Waals surface area (Å²) in [5, 5.41) is 0.697. The Bertz CT molecular complexity index is 730. The molecule has 1 saturated carbocycles. The first-order valence-electron chi connectivity index (χ1n) is 7.87. The highest BCUT2D eigenvalue weighted by Crippen LogP contribution is 2.45. The summed E-state index contributed by atoms with van der Waals surface area (Å²) in [5.74, 6) is 1.96. The first-order chi connectivity index (χ1) is 11.2. The molecule has 1 saturated heterocycles. The fraction of sp³-hybridized carbons (Fsp3) is 0.412. The van der Waals surface area contributed by atoms with Gasteiger partial charge in [0.15, 0.2) is 0 Å². The second-order valence-electron chi connectivity index (χ2n) is 6.45. The SMILES string of the molecule is NC[C@@H]1C[C@H]2CN(C(=O)c3cc(-c4ccc(Cl)cc4)ns3)C[C@@H]12. The Morgan fingerprint density at radius 1 is 1.35 bits per heavy atom. The molecule has 23 heavy (non-hydrogen) atoms. The van der Waals surface area contributed by atoms with E-state index >= 15 is 0 Å². The molecule has 0 bridgehead atoms. The van der Waals surface area contributed by atoms with E-state index in [2.05, 4.69) is 4.37 Å². The highest BCUT2D eigenvalue weighted by atomic mass is 35.5. The number of nitrogens with two attached hydrogens (primary N) is 1. The molecule has 2 aromatic rings. The van der Waals surface area contributed by atoms with Gasteiger partial charge in [0.25, 0.3) is 5.91 Å². The van der Waals surface area contributed by atoms with Gasteiger partial charge in [-0.05, 0) is 60.5 Å². The molecule has 2 aliphatic rings. The van der Waals surface area contributed by atoms with E-state index in [1.165, 1.54) is 18.0 Å². The number of carbonyl (C=O) groups is 1. The van der Waals surface area contributed by atoms with Gasteiger partial charge in [-0.15, -0.1) is 0 Å². The largest absolute Gasteiger partial charge is 0.337 e. The second-order valence-corrected chi connectivity index (χ2v) is 7.69. The normalized spacial score (nSPS) is 26.0. The molecule has 4 nitrogen and oxygen atoms in total. The fourth-order valence-corrected chi connectivity index (χ4v) is 4.63. The van der Waals surface area contributed by atoms with E-state index in [9.17, 15) is 4.79 Å². The number of rotatable bonds is 3. The second kappa shape index (κ2) is 5.89. The number of carbonyl (C=O) groups excluding carboxylic acids is 1. The summed E-state index contributed by atoms with van der Waals surface area (Å²) in [4.78, 5) is 15.4. The van der Waals surface area contributed by atoms with Crippen molar-refractivity contribution in [1.82, 2.24) is 9.27 Å². The van der Waals surface area contributed by atoms with E-state index in [1.807, 2.05) is 35.2 Å². The van der Waals surface area contributed by atoms with Crippen molar-refractivity contribution in [1.29, 1.82) is 0 Å². The van der Waals surface area contributed by atoms with Gasteiger partial charge in [0, 0.05) is 23.7 Å². The number of nitrogens with zero attached hydrogens (tertiary/aromatic N) is 2. The Kier molecular flexibility index (Phi) is 3.87. The maximum atomic E-state index is 12.7. The summed E-state index contributed by atoms with van der Waals surface area (Å²) in [5.41, 5.74) is 7.59. The van der Waals surface area contributed by atoms with E-state index in [-0.39, 0.29) is 5.91 Å². The van der Waals surface area contributed by atoms with E-state index < -0.39 is 0 Å². The number of aromatic nitrogens is 1. The third-order valence-electron chi connectivity index (χ3n) is 5.15. The molecule has 2 heterocycles. The number of hydrogen-bond donors (Lipinski definition) is 1. The van der Waals surface area contributed by atoms with E-state index in [1.54, 1.807) is 0 Å². The zero-order chi connectivity index (χ0) is 16.0. The van der Waals surface area contributed by atoms with Gasteiger partial charge in [-0.1, -0.05) is 23.7 Å². The van der Waals surface area contributed by atoms with Gasteiger partial charge >= 0.3 is 0 Å². The lowest BCUT2D eigenvalue weighted by atomic mass is 9.67. The summed E-state index contributed by atoms with van der Waals surface area (Å²) >= 11 is 7.18. The summed E-state index contributed by atoms with van der Waals surface area (Å²) in [6, 6.07) is 9.41. The Hall–Kier alpha value is -1.43. The minimum absolute atomic E-state index is 0.105. The molecule has 2 fully saturated rings. The molecule has 2 N–H and O–H groups in total. The van der Waals surface area contributed by atoms with Crippen LogP contribution >= 0.6 is 23.1 Å². The van der Waals surface area contributed by atoms with Crippen LogP contribution in [-0.2, 0) is 0 Å². The number of amides is 1. The number of benzene rings is 1. The van der Waals surface area contributed by atoms with Crippen LogP contribution in [0.2, 0.25) is 5.02 Å². The van der Waals surface area contributed by atoms with Crippen LogP contribution in [0.3, 0.4) is 0 Å². The maximum Gasteiger partial charge on any atom is 0.265 e. The first-order valence-corrected chi connectivity index (χ1v) is 9.03. The molecule has 1 aromatic heterocycles. The van der Waals surface area contributed by atoms with Crippen molar-refractivity contribution in [2.45, 2.75) is 6.42 Å². The van der Waals surface area contributed by atoms with Crippen LogP contribution in [0.25, 0.3) is 11.3 Å². The Morgan fingerprint density at radius 3 is 2.87 bits per heavy atom. The van der Waals surface area contributed by atoms with Crippen molar-refractivity contribution in [2.24, 2.45) is 23.5 Å². The summed E-state index contributed by atoms with van der Waals surface area (Å²) in [7, 11) is 0. The quantitative estimate of drug-likeness (QED) is 0.928. The van der Waals surface area contributed by atoms with Crippen molar-refractivity contribution in [3.63, 3.8) is 0 Å². The van der Waals surface area contributed by atoms with Crippen LogP contribution in [0.4, 0.5) is 0 Å². The maximum absolute atomic E-state index is 12.7. The summed E-state index contributed by atoms with van der Waals surface area (Å²) in [6.07, 6.45) is 1.17. The average molecular weight is 348 g/mol. The number of likely N-dealkylation sites (tertiary alicyclic amines) is 1. The van der Waals surface area contributed by atoms with Crippen molar-refractivity contribution in [3.8, 4) is 11.3 Å². The third-order valence-corrected chi connectivity index (χ3v) is 6.18. The van der Waals surface area contributed by atoms with E-state index in [4.69, 9.17) is 17.3 Å². The predicted molar refractivity (Wildman–Crippen MR) is 92.6 cm³/mol. The van der Waals surface area contributed by atoms with Crippen LogP contribution in [0.1, 0.15) is 16.1 Å². The Morgan fingerprint density at radius 2 is 2.13 bits per heavy atom. The highest BCUT2D eigenvalue weighted by molar-refractivity contribution is 7.08. The zero-order valence-corrected chi connectivity index (χ0v) is 14.2. The standard InChI is InChI=1S/C17H18ClN3OS/c18-13-3-1-10(2-4-13)15-6-16(23-20-15)17(22)21-8-12-5-11(7-19)14(12)9-21/h1-4,6,11-12,14H,5,7-9,19H2/t11-,12-,14-/m0/s1. The smallest absolute Gasteiger partial charge is 0.265 e. The molecule has 1 amide bonds. The minimum Gasteiger partial charge on any atom is -0.337 e. The van der Waals surface area contributed by atoms with Gasteiger partial charge in [-0.25, -0.2) is 0 Å². The summed E-state index contributed by atoms with van der Waals surface area (Å²) in [6.45, 7) is 2.46. The molecule has 1 aliphatic heterocycles. The van der Waals surface area contributed by atoms with Crippen molar-refractivity contribution >= 4 is 29.0 Å². The summed E-state index contributed by atoms with van der Waals surface area (Å²) < 4.78 is 4.42. The minimum atomic E-state index is 0.105. The van der Waals surface area contributed by atoms with Gasteiger partial charge in [-0.2, -0.15) is 4.37 Å². The number of hydrogen-bond acceptors (Lipinski definition) is 4. The van der Waals surface area contributed by atoms with Gasteiger partial charge in [0.05, 0.1) is 5.69 Å². The number of fused-ring (bicyclic) bond motifs is 1. The van der Waals surface area contributed by atoms with Crippen LogP contribution in [0.5, 0.6) is 0 Å². The van der Waals surface area contributed by atoms with Crippen LogP contribution in [0, 0.1) is 17.8 Å². The zero-order valence-electron chi connectivity index (χ0n) is 12.6. The molecular weight excluding hydrogens is 330 g/mol. The van der Waals surface area contributed by atoms with Crippen LogP contribution < -0.4 is 5.73 Å². The molecule has 120 valence electrons. The van der Waals surface area contributed by atoms with E-state index in [0.29, 0.717) is 27.7 Å². The van der Waals surface area contributed by atoms with E-state index in [0.717, 1.165) is 30.9 Å². The van der Waals surface area contributed by atoms with Crippen molar-refractivity contribution in [2.75, 3.05) is 19.6 Å². The van der Waals surface area contributed by atoms with Crippen molar-refractivity contribution < 1.29 is 4.79 Å². The Labute approximate surface area is 144 Å². The van der Waals surface area contributed by atoms with Gasteiger partial charge < -0.3 is 10.6 Å². The average Bonchev–Trinajstić information content (AvgIpc) is 3.14. The Balaban J connectivity index is 1.49. The highest BCUT2D eigenvalue weighted by Gasteiger charge is 2.47. The number of halogens is 1. The molecule has 1 aromatic carbocycles. The lowest BCUT2D eigenvalue weighted by Gasteiger charge is -2.38. The first kappa shape index (κ1) is 15.1. The third kappa shape index (κ3) is 2.67. The van der Waals surface area contributed by atoms with Crippen LogP contribution in [-0.4, -0.2) is 34.8 Å². The van der Waals surface area contributed by atoms with Gasteiger partial charge in [-0.3, -0.25) is 4.79 Å². The molecule has 6 heteroatoms. The van der Waals surface area contributed by atoms with Gasteiger partial charge in [0.2, 0.25) is 0 Å². The van der Waals surface area contributed by atoms with Crippen LogP contribution in [0.15, 0.2) is 30.3 Å². The molecule has 0 spiro atoms. The van der Waals surface area contributed by atoms with Gasteiger partial charge in [0.1, 0.15) is 4.88 Å². The molecular formula is C17H18ClN3OS. The lowest BCUT2D eigenvalue weighted by Crippen LogP contribution is -2.40. The molecule has 3 atom stereocenters.